The van der Waals surface area contributed by atoms with E-state index in [0.29, 0.717) is 0 Å². The first-order chi connectivity index (χ1) is 6.22. The third kappa shape index (κ3) is 7.09. The van der Waals surface area contributed by atoms with E-state index in [-0.39, 0.29) is 0 Å². The Bertz CT molecular complexity index is 146. The van der Waals surface area contributed by atoms with Crippen molar-refractivity contribution in [2.45, 2.75) is 39.5 Å². The number of nitrogens with zero attached hydrogens (tertiary/aromatic N) is 2. The maximum atomic E-state index is 4.45. The number of hydrogen-bond donors (Lipinski definition) is 0. The number of unbranched alkanes of at least 4 members (excludes halogenated alkanes) is 2. The van der Waals surface area contributed by atoms with Crippen LogP contribution in [0.4, 0.5) is 0 Å². The molecule has 13 heavy (non-hydrogen) atoms. The fraction of sp³-hybridized carbons (Fsp3) is 0.900. The number of amidine groups is 1. The van der Waals surface area contributed by atoms with Gasteiger partial charge in [0.05, 0.1) is 0 Å². The van der Waals surface area contributed by atoms with E-state index in [0.717, 1.165) is 17.8 Å². The molecule has 0 aliphatic rings. The zero-order valence-electron chi connectivity index (χ0n) is 9.05. The van der Waals surface area contributed by atoms with Crippen LogP contribution in [0.15, 0.2) is 4.99 Å². The normalized spacial score (nSPS) is 11.8. The molecule has 0 amide bonds. The molecule has 3 heteroatoms. The average Bonchev–Trinajstić information content (AvgIpc) is 2.14. The van der Waals surface area contributed by atoms with Crippen LogP contribution in [0, 0.1) is 0 Å². The molecular weight excluding hydrogens is 227 g/mol. The Balaban J connectivity index is 3.65. The van der Waals surface area contributed by atoms with Crippen molar-refractivity contribution in [1.29, 1.82) is 0 Å². The van der Waals surface area contributed by atoms with Crippen LogP contribution in [0.25, 0.3) is 0 Å². The van der Waals surface area contributed by atoms with E-state index in [1.54, 1.807) is 0 Å². The molecule has 0 N–H and O–H groups in total. The Morgan fingerprint density at radius 3 is 2.38 bits per heavy atom. The van der Waals surface area contributed by atoms with E-state index < -0.39 is 0 Å². The molecule has 0 saturated carbocycles. The molecule has 0 aromatic carbocycles. The fourth-order valence-electron chi connectivity index (χ4n) is 0.944. The van der Waals surface area contributed by atoms with Gasteiger partial charge in [0.15, 0.2) is 0 Å². The van der Waals surface area contributed by atoms with Crippen LogP contribution in [0.1, 0.15) is 39.5 Å². The maximum absolute atomic E-state index is 4.45. The summed E-state index contributed by atoms with van der Waals surface area (Å²) in [6.45, 7) is 6.46. The van der Waals surface area contributed by atoms with E-state index >= 15 is 0 Å². The number of aliphatic imine (C=N–C) groups is 1. The van der Waals surface area contributed by atoms with E-state index in [1.165, 1.54) is 25.7 Å². The van der Waals surface area contributed by atoms with Gasteiger partial charge in [0.25, 0.3) is 0 Å². The van der Waals surface area contributed by atoms with Crippen molar-refractivity contribution < 1.29 is 0 Å². The first-order valence-electron chi connectivity index (χ1n) is 5.15. The summed E-state index contributed by atoms with van der Waals surface area (Å²) in [5.41, 5.74) is 0. The molecule has 0 aromatic heterocycles. The molecule has 0 spiro atoms. The fourth-order valence-corrected chi connectivity index (χ4v) is 1.33. The summed E-state index contributed by atoms with van der Waals surface area (Å²) in [4.78, 5) is 6.65. The van der Waals surface area contributed by atoms with Gasteiger partial charge in [-0.3, -0.25) is 0 Å². The summed E-state index contributed by atoms with van der Waals surface area (Å²) in [5.74, 6) is 0. The molecule has 0 rings (SSSR count). The molecule has 0 aliphatic heterocycles. The first-order valence-corrected chi connectivity index (χ1v) is 6.00. The van der Waals surface area contributed by atoms with Crippen LogP contribution >= 0.6 is 0 Å². The number of rotatable bonds is 6. The van der Waals surface area contributed by atoms with Crippen molar-refractivity contribution >= 4 is 20.7 Å². The van der Waals surface area contributed by atoms with Crippen molar-refractivity contribution in [3.8, 4) is 0 Å². The standard InChI is InChI=1S/C10H21N2Se/c1-4-6-8-11-10(13)12(3)9-7-5-2/h4-9H2,1-3H3. The van der Waals surface area contributed by atoms with Gasteiger partial charge in [-0.1, -0.05) is 0 Å². The average molecular weight is 248 g/mol. The van der Waals surface area contributed by atoms with Crippen LogP contribution in [-0.4, -0.2) is 45.8 Å². The molecule has 0 aromatic rings. The Labute approximate surface area is 90.6 Å². The van der Waals surface area contributed by atoms with Gasteiger partial charge >= 0.3 is 90.3 Å². The molecule has 0 heterocycles. The summed E-state index contributed by atoms with van der Waals surface area (Å²) >= 11 is 3.02. The van der Waals surface area contributed by atoms with E-state index in [4.69, 9.17) is 0 Å². The Morgan fingerprint density at radius 1 is 1.23 bits per heavy atom. The second-order valence-electron chi connectivity index (χ2n) is 3.29. The van der Waals surface area contributed by atoms with Gasteiger partial charge in [0, 0.05) is 0 Å². The Hall–Kier alpha value is -0.0105. The van der Waals surface area contributed by atoms with Crippen molar-refractivity contribution in [3.63, 3.8) is 0 Å². The monoisotopic (exact) mass is 249 g/mol. The molecule has 0 fully saturated rings. The molecule has 2 nitrogen and oxygen atoms in total. The molecule has 0 bridgehead atoms. The third-order valence-corrected chi connectivity index (χ3v) is 2.86. The summed E-state index contributed by atoms with van der Waals surface area (Å²) in [5, 5.41) is 0. The third-order valence-electron chi connectivity index (χ3n) is 1.93. The summed E-state index contributed by atoms with van der Waals surface area (Å²) in [6.07, 6.45) is 4.89. The molecule has 0 saturated heterocycles. The number of hydrogen-bond acceptors (Lipinski definition) is 1. The summed E-state index contributed by atoms with van der Waals surface area (Å²) in [6, 6.07) is 0. The SMILES string of the molecule is CCCCN=C([Se])N(C)CCCC. The van der Waals surface area contributed by atoms with E-state index in [2.05, 4.69) is 46.8 Å². The Kier molecular flexibility index (Phi) is 8.57. The summed E-state index contributed by atoms with van der Waals surface area (Å²) < 4.78 is 1.06. The van der Waals surface area contributed by atoms with Crippen LogP contribution in [0.5, 0.6) is 0 Å². The quantitative estimate of drug-likeness (QED) is 0.304. The van der Waals surface area contributed by atoms with Gasteiger partial charge in [0.2, 0.25) is 0 Å². The second-order valence-corrected chi connectivity index (χ2v) is 4.06. The topological polar surface area (TPSA) is 15.6 Å². The second kappa shape index (κ2) is 8.58. The van der Waals surface area contributed by atoms with E-state index in [9.17, 15) is 0 Å². The van der Waals surface area contributed by atoms with Gasteiger partial charge in [-0.15, -0.1) is 0 Å². The van der Waals surface area contributed by atoms with Crippen LogP contribution in [0.3, 0.4) is 0 Å². The van der Waals surface area contributed by atoms with Gasteiger partial charge < -0.3 is 0 Å². The Morgan fingerprint density at radius 2 is 1.85 bits per heavy atom. The van der Waals surface area contributed by atoms with Crippen LogP contribution in [-0.2, 0) is 0 Å². The molecule has 0 atom stereocenters. The van der Waals surface area contributed by atoms with Crippen molar-refractivity contribution in [2.75, 3.05) is 20.1 Å². The van der Waals surface area contributed by atoms with Crippen molar-refractivity contribution in [2.24, 2.45) is 4.99 Å². The molecule has 0 aliphatic carbocycles. The van der Waals surface area contributed by atoms with Gasteiger partial charge in [-0.05, 0) is 0 Å². The van der Waals surface area contributed by atoms with E-state index in [1.807, 2.05) is 0 Å². The minimum atomic E-state index is 0.954. The van der Waals surface area contributed by atoms with Crippen LogP contribution in [0.2, 0.25) is 0 Å². The first kappa shape index (κ1) is 13.0. The van der Waals surface area contributed by atoms with Crippen molar-refractivity contribution in [3.05, 3.63) is 0 Å². The summed E-state index contributed by atoms with van der Waals surface area (Å²) in [7, 11) is 2.09. The molecule has 77 valence electrons. The van der Waals surface area contributed by atoms with Gasteiger partial charge in [-0.2, -0.15) is 0 Å². The molecule has 0 unspecified atom stereocenters. The predicted octanol–water partition coefficient (Wildman–Crippen LogP) is 2.04. The van der Waals surface area contributed by atoms with Crippen molar-refractivity contribution in [1.82, 2.24) is 4.90 Å². The molecule has 1 radical (unpaired) electrons. The zero-order chi connectivity index (χ0) is 10.1. The predicted molar refractivity (Wildman–Crippen MR) is 60.5 cm³/mol. The zero-order valence-corrected chi connectivity index (χ0v) is 10.8. The minimum absolute atomic E-state index is 0.954. The van der Waals surface area contributed by atoms with Gasteiger partial charge in [0.1, 0.15) is 0 Å². The molecular formula is C10H21N2Se. The van der Waals surface area contributed by atoms with Gasteiger partial charge in [-0.25, -0.2) is 0 Å². The van der Waals surface area contributed by atoms with Crippen LogP contribution < -0.4 is 0 Å².